The van der Waals surface area contributed by atoms with Crippen LogP contribution in [0.3, 0.4) is 0 Å². The van der Waals surface area contributed by atoms with E-state index < -0.39 is 10.0 Å². The molecule has 1 rings (SSSR count). The Bertz CT molecular complexity index is 269. The topological polar surface area (TPSA) is 40.6 Å². The highest BCUT2D eigenvalue weighted by Crippen LogP contribution is 2.16. The minimum atomic E-state index is -3.00. The Labute approximate surface area is 86.9 Å². The van der Waals surface area contributed by atoms with Crippen molar-refractivity contribution in [3.8, 4) is 0 Å². The van der Waals surface area contributed by atoms with Crippen LogP contribution in [0.5, 0.6) is 0 Å². The van der Waals surface area contributed by atoms with Crippen LogP contribution in [0, 0.1) is 0 Å². The third-order valence-electron chi connectivity index (χ3n) is 3.01. The molecule has 1 saturated heterocycles. The molecule has 0 radical (unpaired) electrons. The molecular formula is C9H20N2O2S. The Hall–Kier alpha value is -0.130. The number of rotatable bonds is 3. The molecule has 1 aliphatic rings. The molecule has 1 aliphatic heterocycles. The first-order valence-corrected chi connectivity index (χ1v) is 6.72. The Morgan fingerprint density at radius 2 is 1.86 bits per heavy atom. The van der Waals surface area contributed by atoms with Crippen molar-refractivity contribution in [1.29, 1.82) is 0 Å². The predicted octanol–water partition coefficient (Wildman–Crippen LogP) is 0.362. The summed E-state index contributed by atoms with van der Waals surface area (Å²) in [4.78, 5) is 2.24. The molecule has 4 nitrogen and oxygen atoms in total. The van der Waals surface area contributed by atoms with E-state index in [2.05, 4.69) is 11.9 Å². The van der Waals surface area contributed by atoms with Gasteiger partial charge >= 0.3 is 0 Å². The first-order valence-electron chi connectivity index (χ1n) is 5.11. The molecule has 0 amide bonds. The summed E-state index contributed by atoms with van der Waals surface area (Å²) < 4.78 is 24.7. The summed E-state index contributed by atoms with van der Waals surface area (Å²) in [5.41, 5.74) is 0. The second-order valence-electron chi connectivity index (χ2n) is 3.95. The second kappa shape index (κ2) is 4.59. The lowest BCUT2D eigenvalue weighted by Crippen LogP contribution is -2.44. The molecule has 1 fully saturated rings. The van der Waals surface area contributed by atoms with Crippen LogP contribution in [0.2, 0.25) is 0 Å². The van der Waals surface area contributed by atoms with Crippen LogP contribution in [0.4, 0.5) is 0 Å². The monoisotopic (exact) mass is 220 g/mol. The van der Waals surface area contributed by atoms with E-state index in [4.69, 9.17) is 0 Å². The van der Waals surface area contributed by atoms with Gasteiger partial charge in [-0.15, -0.1) is 0 Å². The molecule has 0 aromatic carbocycles. The van der Waals surface area contributed by atoms with Gasteiger partial charge in [0.05, 0.1) is 5.75 Å². The zero-order valence-electron chi connectivity index (χ0n) is 9.23. The van der Waals surface area contributed by atoms with Crippen molar-refractivity contribution in [3.05, 3.63) is 0 Å². The highest BCUT2D eigenvalue weighted by atomic mass is 32.2. The average Bonchev–Trinajstić information content (AvgIpc) is 2.18. The molecule has 84 valence electrons. The maximum Gasteiger partial charge on any atom is 0.213 e. The van der Waals surface area contributed by atoms with Gasteiger partial charge in [0.15, 0.2) is 0 Å². The fourth-order valence-corrected chi connectivity index (χ4v) is 2.86. The van der Waals surface area contributed by atoms with Crippen LogP contribution in [-0.4, -0.2) is 56.6 Å². The maximum atomic E-state index is 11.6. The normalized spacial score (nSPS) is 21.7. The van der Waals surface area contributed by atoms with E-state index in [1.165, 1.54) is 0 Å². The van der Waals surface area contributed by atoms with Crippen LogP contribution in [0.1, 0.15) is 19.8 Å². The van der Waals surface area contributed by atoms with Gasteiger partial charge < -0.3 is 4.90 Å². The number of hydrogen-bond acceptors (Lipinski definition) is 3. The zero-order valence-corrected chi connectivity index (χ0v) is 10.0. The number of likely N-dealkylation sites (tertiary alicyclic amines) is 1. The van der Waals surface area contributed by atoms with Gasteiger partial charge in [-0.2, -0.15) is 0 Å². The molecule has 0 unspecified atom stereocenters. The van der Waals surface area contributed by atoms with Crippen LogP contribution in [-0.2, 0) is 10.0 Å². The lowest BCUT2D eigenvalue weighted by molar-refractivity contribution is 0.198. The smallest absolute Gasteiger partial charge is 0.213 e. The highest BCUT2D eigenvalue weighted by molar-refractivity contribution is 7.89. The molecule has 0 spiro atoms. The number of hydrogen-bond donors (Lipinski definition) is 0. The second-order valence-corrected chi connectivity index (χ2v) is 6.27. The van der Waals surface area contributed by atoms with Gasteiger partial charge in [0.1, 0.15) is 0 Å². The molecule has 0 atom stereocenters. The maximum absolute atomic E-state index is 11.6. The first kappa shape index (κ1) is 11.9. The van der Waals surface area contributed by atoms with E-state index in [0.29, 0.717) is 0 Å². The first-order chi connectivity index (χ1) is 6.47. The van der Waals surface area contributed by atoms with E-state index in [9.17, 15) is 8.42 Å². The van der Waals surface area contributed by atoms with Gasteiger partial charge in [0, 0.05) is 13.1 Å². The van der Waals surface area contributed by atoms with Crippen molar-refractivity contribution in [2.24, 2.45) is 0 Å². The summed E-state index contributed by atoms with van der Waals surface area (Å²) in [6.07, 6.45) is 1.90. The largest absolute Gasteiger partial charge is 0.306 e. The van der Waals surface area contributed by atoms with Crippen molar-refractivity contribution >= 4 is 10.0 Å². The fraction of sp³-hybridized carbons (Fsp3) is 1.00. The summed E-state index contributed by atoms with van der Waals surface area (Å²) in [6.45, 7) is 3.68. The van der Waals surface area contributed by atoms with Crippen LogP contribution in [0.15, 0.2) is 0 Å². The minimum absolute atomic E-state index is 0.204. The SMILES string of the molecule is CCS(=O)(=O)N(C)C1CCN(C)CC1. The highest BCUT2D eigenvalue weighted by Gasteiger charge is 2.27. The molecule has 0 N–H and O–H groups in total. The Balaban J connectivity index is 2.58. The standard InChI is InChI=1S/C9H20N2O2S/c1-4-14(12,13)11(3)9-5-7-10(2)8-6-9/h9H,4-8H2,1-3H3. The third-order valence-corrected chi connectivity index (χ3v) is 4.91. The van der Waals surface area contributed by atoms with E-state index in [1.54, 1.807) is 18.3 Å². The van der Waals surface area contributed by atoms with Gasteiger partial charge in [-0.25, -0.2) is 12.7 Å². The van der Waals surface area contributed by atoms with Crippen molar-refractivity contribution in [2.45, 2.75) is 25.8 Å². The lowest BCUT2D eigenvalue weighted by Gasteiger charge is -2.34. The van der Waals surface area contributed by atoms with Crippen LogP contribution >= 0.6 is 0 Å². The van der Waals surface area contributed by atoms with Gasteiger partial charge in [0.2, 0.25) is 10.0 Å². The summed E-state index contributed by atoms with van der Waals surface area (Å²) in [5.74, 6) is 0.204. The lowest BCUT2D eigenvalue weighted by atomic mass is 10.1. The van der Waals surface area contributed by atoms with E-state index in [0.717, 1.165) is 25.9 Å². The van der Waals surface area contributed by atoms with E-state index in [-0.39, 0.29) is 11.8 Å². The van der Waals surface area contributed by atoms with Crippen LogP contribution in [0.25, 0.3) is 0 Å². The van der Waals surface area contributed by atoms with Crippen molar-refractivity contribution < 1.29 is 8.42 Å². The van der Waals surface area contributed by atoms with Crippen molar-refractivity contribution in [2.75, 3.05) is 32.9 Å². The number of piperidine rings is 1. The minimum Gasteiger partial charge on any atom is -0.306 e. The summed E-state index contributed by atoms with van der Waals surface area (Å²) in [5, 5.41) is 0. The third kappa shape index (κ3) is 2.68. The number of nitrogens with zero attached hydrogens (tertiary/aromatic N) is 2. The molecule has 0 saturated carbocycles. The van der Waals surface area contributed by atoms with Gasteiger partial charge in [-0.1, -0.05) is 0 Å². The molecule has 0 aliphatic carbocycles. The molecule has 5 heteroatoms. The number of sulfonamides is 1. The van der Waals surface area contributed by atoms with E-state index in [1.807, 2.05) is 0 Å². The average molecular weight is 220 g/mol. The fourth-order valence-electron chi connectivity index (χ4n) is 1.79. The molecule has 0 aromatic rings. The van der Waals surface area contributed by atoms with E-state index >= 15 is 0 Å². The summed E-state index contributed by atoms with van der Waals surface area (Å²) >= 11 is 0. The van der Waals surface area contributed by atoms with Gasteiger partial charge in [-0.05, 0) is 39.9 Å². The van der Waals surface area contributed by atoms with Crippen molar-refractivity contribution in [1.82, 2.24) is 9.21 Å². The van der Waals surface area contributed by atoms with Crippen molar-refractivity contribution in [3.63, 3.8) is 0 Å². The van der Waals surface area contributed by atoms with Gasteiger partial charge in [0.25, 0.3) is 0 Å². The Kier molecular flexibility index (Phi) is 3.92. The van der Waals surface area contributed by atoms with Crippen LogP contribution < -0.4 is 0 Å². The Morgan fingerprint density at radius 1 is 1.36 bits per heavy atom. The molecule has 0 bridgehead atoms. The molecule has 0 aromatic heterocycles. The van der Waals surface area contributed by atoms with Gasteiger partial charge in [-0.3, -0.25) is 0 Å². The quantitative estimate of drug-likeness (QED) is 0.689. The Morgan fingerprint density at radius 3 is 2.29 bits per heavy atom. The zero-order chi connectivity index (χ0) is 10.8. The summed E-state index contributed by atoms with van der Waals surface area (Å²) in [6, 6.07) is 0.205. The molecule has 14 heavy (non-hydrogen) atoms. The predicted molar refractivity (Wildman–Crippen MR) is 57.7 cm³/mol. The molecular weight excluding hydrogens is 200 g/mol. The summed E-state index contributed by atoms with van der Waals surface area (Å²) in [7, 11) is 0.777. The molecule has 1 heterocycles.